The molecule has 1 aromatic carbocycles. The second kappa shape index (κ2) is 6.39. The summed E-state index contributed by atoms with van der Waals surface area (Å²) in [7, 11) is 2.99. The van der Waals surface area contributed by atoms with Crippen LogP contribution in [0.4, 0.5) is 0 Å². The van der Waals surface area contributed by atoms with E-state index < -0.39 is 0 Å². The third-order valence-corrected chi connectivity index (χ3v) is 3.02. The molecule has 0 saturated heterocycles. The minimum Gasteiger partial charge on any atom is -0.469 e. The van der Waals surface area contributed by atoms with Crippen molar-refractivity contribution in [3.8, 4) is 0 Å². The number of halogens is 1. The first kappa shape index (κ1) is 13.7. The van der Waals surface area contributed by atoms with Crippen LogP contribution in [0.15, 0.2) is 28.7 Å². The molecule has 0 radical (unpaired) electrons. The highest BCUT2D eigenvalue weighted by atomic mass is 79.9. The van der Waals surface area contributed by atoms with E-state index >= 15 is 0 Å². The highest BCUT2D eigenvalue weighted by molar-refractivity contribution is 9.10. The molecule has 0 saturated carbocycles. The summed E-state index contributed by atoms with van der Waals surface area (Å²) in [5.74, 6) is -0.446. The number of carbonyl (C=O) groups excluding carboxylic acids is 2. The highest BCUT2D eigenvalue weighted by Gasteiger charge is 2.15. The summed E-state index contributed by atoms with van der Waals surface area (Å²) in [5.41, 5.74) is 0.583. The fourth-order valence-corrected chi connectivity index (χ4v) is 1.76. The first-order chi connectivity index (χ1) is 8.06. The van der Waals surface area contributed by atoms with Crippen LogP contribution in [0.5, 0.6) is 0 Å². The predicted molar refractivity (Wildman–Crippen MR) is 67.7 cm³/mol. The second-order valence-corrected chi connectivity index (χ2v) is 4.39. The summed E-state index contributed by atoms with van der Waals surface area (Å²) < 4.78 is 5.27. The Morgan fingerprint density at radius 1 is 1.35 bits per heavy atom. The van der Waals surface area contributed by atoms with Gasteiger partial charge in [0.05, 0.1) is 19.1 Å². The zero-order valence-electron chi connectivity index (χ0n) is 9.77. The molecule has 0 fully saturated rings. The van der Waals surface area contributed by atoms with E-state index in [-0.39, 0.29) is 18.3 Å². The normalized spacial score (nSPS) is 9.82. The number of hydrogen-bond donors (Lipinski definition) is 0. The molecule has 0 unspecified atom stereocenters. The molecule has 0 aliphatic rings. The summed E-state index contributed by atoms with van der Waals surface area (Å²) in [6.45, 7) is 0.340. The van der Waals surface area contributed by atoms with Gasteiger partial charge in [0, 0.05) is 18.1 Å². The second-order valence-electron chi connectivity index (χ2n) is 3.53. The van der Waals surface area contributed by atoms with Crippen molar-refractivity contribution in [1.82, 2.24) is 4.90 Å². The number of esters is 1. The maximum Gasteiger partial charge on any atom is 0.307 e. The Bertz CT molecular complexity index is 420. The van der Waals surface area contributed by atoms with E-state index in [1.165, 1.54) is 12.0 Å². The maximum atomic E-state index is 12.0. The molecule has 0 atom stereocenters. The molecule has 0 aliphatic heterocycles. The van der Waals surface area contributed by atoms with Crippen molar-refractivity contribution in [1.29, 1.82) is 0 Å². The lowest BCUT2D eigenvalue weighted by Gasteiger charge is -2.17. The van der Waals surface area contributed by atoms with E-state index in [0.29, 0.717) is 12.1 Å². The van der Waals surface area contributed by atoms with Crippen molar-refractivity contribution in [2.24, 2.45) is 0 Å². The average molecular weight is 300 g/mol. The molecular formula is C12H14BrNO3. The van der Waals surface area contributed by atoms with Gasteiger partial charge in [-0.3, -0.25) is 9.59 Å². The van der Waals surface area contributed by atoms with Crippen molar-refractivity contribution >= 4 is 27.8 Å². The quantitative estimate of drug-likeness (QED) is 0.800. The number of methoxy groups -OCH3 is 1. The van der Waals surface area contributed by atoms with E-state index in [1.54, 1.807) is 25.2 Å². The van der Waals surface area contributed by atoms with Gasteiger partial charge in [-0.15, -0.1) is 0 Å². The summed E-state index contributed by atoms with van der Waals surface area (Å²) in [5, 5.41) is 0. The zero-order valence-corrected chi connectivity index (χ0v) is 11.4. The van der Waals surface area contributed by atoms with Gasteiger partial charge >= 0.3 is 5.97 Å². The Hall–Kier alpha value is -1.36. The topological polar surface area (TPSA) is 46.6 Å². The molecule has 17 heavy (non-hydrogen) atoms. The van der Waals surface area contributed by atoms with Gasteiger partial charge < -0.3 is 9.64 Å². The van der Waals surface area contributed by atoms with Gasteiger partial charge in [0.15, 0.2) is 0 Å². The van der Waals surface area contributed by atoms with Gasteiger partial charge in [0.1, 0.15) is 0 Å². The minimum atomic E-state index is -0.322. The smallest absolute Gasteiger partial charge is 0.307 e. The van der Waals surface area contributed by atoms with Crippen molar-refractivity contribution in [3.63, 3.8) is 0 Å². The molecule has 1 rings (SSSR count). The van der Waals surface area contributed by atoms with Gasteiger partial charge in [-0.25, -0.2) is 0 Å². The fraction of sp³-hybridized carbons (Fsp3) is 0.333. The lowest BCUT2D eigenvalue weighted by Crippen LogP contribution is -2.29. The molecule has 1 amide bonds. The van der Waals surface area contributed by atoms with Crippen LogP contribution in [0, 0.1) is 0 Å². The largest absolute Gasteiger partial charge is 0.469 e. The minimum absolute atomic E-state index is 0.124. The van der Waals surface area contributed by atoms with Crippen LogP contribution < -0.4 is 0 Å². The predicted octanol–water partition coefficient (Wildman–Crippen LogP) is 2.08. The lowest BCUT2D eigenvalue weighted by atomic mass is 10.2. The van der Waals surface area contributed by atoms with Crippen LogP contribution >= 0.6 is 15.9 Å². The molecule has 0 aromatic heterocycles. The van der Waals surface area contributed by atoms with Gasteiger partial charge in [-0.1, -0.05) is 12.1 Å². The summed E-state index contributed by atoms with van der Waals surface area (Å²) in [6.07, 6.45) is 0.198. The van der Waals surface area contributed by atoms with Gasteiger partial charge in [0.2, 0.25) is 0 Å². The Balaban J connectivity index is 2.64. The SMILES string of the molecule is COC(=O)CCN(C)C(=O)c1ccccc1Br. The molecule has 4 nitrogen and oxygen atoms in total. The average Bonchev–Trinajstić information content (AvgIpc) is 2.35. The van der Waals surface area contributed by atoms with Crippen LogP contribution in [0.3, 0.4) is 0 Å². The first-order valence-corrected chi connectivity index (χ1v) is 5.92. The van der Waals surface area contributed by atoms with E-state index in [2.05, 4.69) is 20.7 Å². The third-order valence-electron chi connectivity index (χ3n) is 2.33. The number of carbonyl (C=O) groups is 2. The number of rotatable bonds is 4. The van der Waals surface area contributed by atoms with Crippen molar-refractivity contribution in [2.75, 3.05) is 20.7 Å². The van der Waals surface area contributed by atoms with Crippen LogP contribution in [-0.4, -0.2) is 37.5 Å². The summed E-state index contributed by atoms with van der Waals surface area (Å²) in [4.78, 5) is 24.5. The van der Waals surface area contributed by atoms with E-state index in [0.717, 1.165) is 4.47 Å². The zero-order chi connectivity index (χ0) is 12.8. The molecule has 5 heteroatoms. The molecule has 0 bridgehead atoms. The first-order valence-electron chi connectivity index (χ1n) is 5.13. The van der Waals surface area contributed by atoms with Gasteiger partial charge in [0.25, 0.3) is 5.91 Å². The Morgan fingerprint density at radius 2 is 2.00 bits per heavy atom. The Morgan fingerprint density at radius 3 is 2.59 bits per heavy atom. The number of ether oxygens (including phenoxy) is 1. The number of hydrogen-bond acceptors (Lipinski definition) is 3. The van der Waals surface area contributed by atoms with Crippen LogP contribution in [-0.2, 0) is 9.53 Å². The standard InChI is InChI=1S/C12H14BrNO3/c1-14(8-7-11(15)17-2)12(16)9-5-3-4-6-10(9)13/h3-6H,7-8H2,1-2H3. The lowest BCUT2D eigenvalue weighted by molar-refractivity contribution is -0.140. The molecule has 0 spiro atoms. The summed E-state index contributed by atoms with van der Waals surface area (Å²) in [6, 6.07) is 7.18. The Kier molecular flexibility index (Phi) is 5.15. The number of amides is 1. The maximum absolute atomic E-state index is 12.0. The van der Waals surface area contributed by atoms with E-state index in [1.807, 2.05) is 6.07 Å². The van der Waals surface area contributed by atoms with Crippen molar-refractivity contribution < 1.29 is 14.3 Å². The van der Waals surface area contributed by atoms with Crippen molar-refractivity contribution in [3.05, 3.63) is 34.3 Å². The van der Waals surface area contributed by atoms with Gasteiger partial charge in [-0.2, -0.15) is 0 Å². The van der Waals surface area contributed by atoms with E-state index in [9.17, 15) is 9.59 Å². The Labute approximate surface area is 109 Å². The van der Waals surface area contributed by atoms with Crippen LogP contribution in [0.25, 0.3) is 0 Å². The molecule has 0 N–H and O–H groups in total. The molecule has 0 aliphatic carbocycles. The monoisotopic (exact) mass is 299 g/mol. The highest BCUT2D eigenvalue weighted by Crippen LogP contribution is 2.17. The van der Waals surface area contributed by atoms with E-state index in [4.69, 9.17) is 0 Å². The number of benzene rings is 1. The number of nitrogens with zero attached hydrogens (tertiary/aromatic N) is 1. The third kappa shape index (κ3) is 3.85. The van der Waals surface area contributed by atoms with Crippen LogP contribution in [0.2, 0.25) is 0 Å². The van der Waals surface area contributed by atoms with Crippen molar-refractivity contribution in [2.45, 2.75) is 6.42 Å². The molecular weight excluding hydrogens is 286 g/mol. The summed E-state index contributed by atoms with van der Waals surface area (Å²) >= 11 is 3.32. The molecule has 0 heterocycles. The molecule has 1 aromatic rings. The molecule has 92 valence electrons. The van der Waals surface area contributed by atoms with Gasteiger partial charge in [-0.05, 0) is 28.1 Å². The fourth-order valence-electron chi connectivity index (χ4n) is 1.30. The van der Waals surface area contributed by atoms with Crippen LogP contribution in [0.1, 0.15) is 16.8 Å².